The highest BCUT2D eigenvalue weighted by atomic mass is 16.6. The first-order valence-corrected chi connectivity index (χ1v) is 7.79. The molecule has 1 aliphatic rings. The number of alkyl carbamates (subject to hydrolysis) is 1. The van der Waals surface area contributed by atoms with E-state index in [4.69, 9.17) is 9.47 Å². The maximum absolute atomic E-state index is 12.8. The molecule has 2 amide bonds. The van der Waals surface area contributed by atoms with Gasteiger partial charge >= 0.3 is 12.1 Å². The molecule has 0 spiro atoms. The van der Waals surface area contributed by atoms with Crippen molar-refractivity contribution in [1.29, 1.82) is 0 Å². The molecule has 0 aliphatic carbocycles. The molecule has 0 aromatic heterocycles. The number of amides is 2. The molecule has 1 heterocycles. The van der Waals surface area contributed by atoms with Crippen molar-refractivity contribution in [3.8, 4) is 0 Å². The highest BCUT2D eigenvalue weighted by Crippen LogP contribution is 2.27. The molecule has 1 rings (SSSR count). The predicted molar refractivity (Wildman–Crippen MR) is 89.2 cm³/mol. The van der Waals surface area contributed by atoms with E-state index >= 15 is 0 Å². The lowest BCUT2D eigenvalue weighted by Gasteiger charge is -2.30. The lowest BCUT2D eigenvalue weighted by atomic mass is 10.2. The first-order valence-electron chi connectivity index (χ1n) is 7.79. The van der Waals surface area contributed by atoms with E-state index in [2.05, 4.69) is 18.5 Å². The van der Waals surface area contributed by atoms with Gasteiger partial charge in [-0.05, 0) is 33.6 Å². The molecule has 0 aromatic rings. The molecule has 1 fully saturated rings. The average molecular weight is 338 g/mol. The largest absolute Gasteiger partial charge is 0.467 e. The van der Waals surface area contributed by atoms with Gasteiger partial charge in [0.05, 0.1) is 13.2 Å². The molecule has 0 aromatic carbocycles. The number of nitrogens with zero attached hydrogens (tertiary/aromatic N) is 1. The van der Waals surface area contributed by atoms with Gasteiger partial charge in [0.2, 0.25) is 0 Å². The standard InChI is InChI=1S/C17H26N2O5/c1-7-11-9-10-13(15(21)23-6)19(11)14(20)12(8-2)18-16(22)24-17(3,4)5/h7-8,11-13H,1-2,9-10H2,3-6H3,(H,18,22)/t11-,12-,13-/m0/s1. The molecule has 7 heteroatoms. The van der Waals surface area contributed by atoms with Crippen molar-refractivity contribution in [3.63, 3.8) is 0 Å². The summed E-state index contributed by atoms with van der Waals surface area (Å²) in [5.41, 5.74) is -0.690. The fourth-order valence-corrected chi connectivity index (χ4v) is 2.57. The van der Waals surface area contributed by atoms with Gasteiger partial charge in [0, 0.05) is 0 Å². The summed E-state index contributed by atoms with van der Waals surface area (Å²) in [6.07, 6.45) is 3.26. The maximum Gasteiger partial charge on any atom is 0.408 e. The van der Waals surface area contributed by atoms with Crippen LogP contribution in [-0.4, -0.2) is 53.7 Å². The minimum absolute atomic E-state index is 0.301. The number of carbonyl (C=O) groups excluding carboxylic acids is 3. The summed E-state index contributed by atoms with van der Waals surface area (Å²) in [4.78, 5) is 38.0. The highest BCUT2D eigenvalue weighted by molar-refractivity contribution is 5.92. The first-order chi connectivity index (χ1) is 11.1. The Morgan fingerprint density at radius 2 is 1.88 bits per heavy atom. The van der Waals surface area contributed by atoms with Crippen molar-refractivity contribution < 1.29 is 23.9 Å². The van der Waals surface area contributed by atoms with Crippen LogP contribution in [0.4, 0.5) is 4.79 Å². The number of carbonyl (C=O) groups is 3. The zero-order valence-corrected chi connectivity index (χ0v) is 14.7. The summed E-state index contributed by atoms with van der Waals surface area (Å²) in [6, 6.07) is -2.01. The Labute approximate surface area is 142 Å². The van der Waals surface area contributed by atoms with Crippen LogP contribution < -0.4 is 5.32 Å². The van der Waals surface area contributed by atoms with Gasteiger partial charge in [0.1, 0.15) is 17.7 Å². The van der Waals surface area contributed by atoms with E-state index in [0.717, 1.165) is 0 Å². The third-order valence-electron chi connectivity index (χ3n) is 3.60. The van der Waals surface area contributed by atoms with E-state index in [0.29, 0.717) is 12.8 Å². The predicted octanol–water partition coefficient (Wildman–Crippen LogP) is 1.78. The maximum atomic E-state index is 12.8. The van der Waals surface area contributed by atoms with Gasteiger partial charge < -0.3 is 19.7 Å². The second-order valence-corrected chi connectivity index (χ2v) is 6.52. The zero-order valence-electron chi connectivity index (χ0n) is 14.7. The van der Waals surface area contributed by atoms with Crippen LogP contribution in [0.1, 0.15) is 33.6 Å². The third kappa shape index (κ3) is 4.84. The number of hydrogen-bond donors (Lipinski definition) is 1. The Balaban J connectivity index is 2.92. The molecule has 134 valence electrons. The number of likely N-dealkylation sites (tertiary alicyclic amines) is 1. The molecule has 3 atom stereocenters. The fraction of sp³-hybridized carbons (Fsp3) is 0.588. The van der Waals surface area contributed by atoms with E-state index in [9.17, 15) is 14.4 Å². The number of methoxy groups -OCH3 is 1. The second kappa shape index (κ2) is 7.99. The van der Waals surface area contributed by atoms with Gasteiger partial charge in [-0.3, -0.25) is 4.79 Å². The molecule has 0 saturated carbocycles. The number of nitrogens with one attached hydrogen (secondary N) is 1. The van der Waals surface area contributed by atoms with Crippen LogP contribution in [0.5, 0.6) is 0 Å². The highest BCUT2D eigenvalue weighted by Gasteiger charge is 2.42. The number of rotatable bonds is 5. The minimum atomic E-state index is -1.01. The van der Waals surface area contributed by atoms with Gasteiger partial charge in [-0.1, -0.05) is 12.2 Å². The summed E-state index contributed by atoms with van der Waals surface area (Å²) >= 11 is 0. The summed E-state index contributed by atoms with van der Waals surface area (Å²) in [5.74, 6) is -0.943. The Kier molecular flexibility index (Phi) is 6.57. The van der Waals surface area contributed by atoms with Crippen LogP contribution >= 0.6 is 0 Å². The van der Waals surface area contributed by atoms with Crippen molar-refractivity contribution in [2.75, 3.05) is 7.11 Å². The Bertz CT molecular complexity index is 524. The first kappa shape index (κ1) is 19.7. The SMILES string of the molecule is C=C[C@H](NC(=O)OC(C)(C)C)C(=O)N1[C@@H](C=C)CC[C@H]1C(=O)OC. The van der Waals surface area contributed by atoms with E-state index in [1.54, 1.807) is 26.8 Å². The smallest absolute Gasteiger partial charge is 0.408 e. The lowest BCUT2D eigenvalue weighted by Crippen LogP contribution is -2.53. The molecular weight excluding hydrogens is 312 g/mol. The third-order valence-corrected chi connectivity index (χ3v) is 3.60. The summed E-state index contributed by atoms with van der Waals surface area (Å²) in [7, 11) is 1.27. The molecule has 1 N–H and O–H groups in total. The molecule has 7 nitrogen and oxygen atoms in total. The summed E-state index contributed by atoms with van der Waals surface area (Å²) in [6.45, 7) is 12.5. The molecule has 1 aliphatic heterocycles. The molecule has 1 saturated heterocycles. The van der Waals surface area contributed by atoms with Crippen LogP contribution in [0, 0.1) is 0 Å². The normalized spacial score (nSPS) is 21.6. The number of hydrogen-bond acceptors (Lipinski definition) is 5. The van der Waals surface area contributed by atoms with Crippen LogP contribution in [0.25, 0.3) is 0 Å². The van der Waals surface area contributed by atoms with Gasteiger partial charge in [-0.15, -0.1) is 13.2 Å². The van der Waals surface area contributed by atoms with Crippen molar-refractivity contribution in [1.82, 2.24) is 10.2 Å². The lowest BCUT2D eigenvalue weighted by molar-refractivity contribution is -0.152. The molecule has 0 bridgehead atoms. The van der Waals surface area contributed by atoms with Crippen LogP contribution in [0.3, 0.4) is 0 Å². The van der Waals surface area contributed by atoms with Crippen LogP contribution in [0.15, 0.2) is 25.3 Å². The summed E-state index contributed by atoms with van der Waals surface area (Å²) < 4.78 is 9.91. The summed E-state index contributed by atoms with van der Waals surface area (Å²) in [5, 5.41) is 2.47. The Hall–Kier alpha value is -2.31. The minimum Gasteiger partial charge on any atom is -0.467 e. The number of ether oxygens (including phenoxy) is 2. The molecule has 24 heavy (non-hydrogen) atoms. The van der Waals surface area contributed by atoms with Crippen LogP contribution in [0.2, 0.25) is 0 Å². The van der Waals surface area contributed by atoms with Crippen molar-refractivity contribution in [3.05, 3.63) is 25.3 Å². The van der Waals surface area contributed by atoms with Crippen LogP contribution in [-0.2, 0) is 19.1 Å². The van der Waals surface area contributed by atoms with Gasteiger partial charge in [-0.2, -0.15) is 0 Å². The number of esters is 1. The van der Waals surface area contributed by atoms with E-state index in [-0.39, 0.29) is 6.04 Å². The van der Waals surface area contributed by atoms with E-state index < -0.39 is 35.7 Å². The second-order valence-electron chi connectivity index (χ2n) is 6.52. The fourth-order valence-electron chi connectivity index (χ4n) is 2.57. The average Bonchev–Trinajstić information content (AvgIpc) is 2.93. The van der Waals surface area contributed by atoms with Crippen molar-refractivity contribution in [2.24, 2.45) is 0 Å². The Morgan fingerprint density at radius 1 is 1.25 bits per heavy atom. The van der Waals surface area contributed by atoms with Gasteiger partial charge in [0.15, 0.2) is 0 Å². The molecule has 0 unspecified atom stereocenters. The Morgan fingerprint density at radius 3 is 2.33 bits per heavy atom. The quantitative estimate of drug-likeness (QED) is 0.610. The molecule has 0 radical (unpaired) electrons. The van der Waals surface area contributed by atoms with Crippen molar-refractivity contribution in [2.45, 2.75) is 57.3 Å². The molecular formula is C17H26N2O5. The topological polar surface area (TPSA) is 84.9 Å². The van der Waals surface area contributed by atoms with Gasteiger partial charge in [-0.25, -0.2) is 9.59 Å². The van der Waals surface area contributed by atoms with Gasteiger partial charge in [0.25, 0.3) is 5.91 Å². The van der Waals surface area contributed by atoms with Crippen molar-refractivity contribution >= 4 is 18.0 Å². The monoisotopic (exact) mass is 338 g/mol. The zero-order chi connectivity index (χ0) is 18.5. The van der Waals surface area contributed by atoms with E-state index in [1.165, 1.54) is 18.1 Å². The van der Waals surface area contributed by atoms with E-state index in [1.807, 2.05) is 0 Å².